The Morgan fingerprint density at radius 2 is 1.52 bits per heavy atom. The van der Waals surface area contributed by atoms with Crippen molar-refractivity contribution in [3.63, 3.8) is 0 Å². The van der Waals surface area contributed by atoms with Gasteiger partial charge in [0.2, 0.25) is 0 Å². The molecule has 3 nitrogen and oxygen atoms in total. The summed E-state index contributed by atoms with van der Waals surface area (Å²) in [4.78, 5) is 12.3. The summed E-state index contributed by atoms with van der Waals surface area (Å²) in [6, 6.07) is 20.8. The average molecular weight is 439 g/mol. The molecule has 168 valence electrons. The van der Waals surface area contributed by atoms with Crippen molar-refractivity contribution in [3.8, 4) is 0 Å². The first-order chi connectivity index (χ1) is 14.6. The van der Waals surface area contributed by atoms with E-state index in [4.69, 9.17) is 9.16 Å². The maximum absolute atomic E-state index is 12.3. The molecule has 0 aliphatic heterocycles. The molecule has 0 bridgehead atoms. The van der Waals surface area contributed by atoms with Gasteiger partial charge in [-0.15, -0.1) is 0 Å². The summed E-state index contributed by atoms with van der Waals surface area (Å²) in [7, 11) is -0.411. The SMILES string of the molecule is COC(=O)C/C(CCO[Si](C)(C)C(C)(C)C)=C(/c1ccccc1)C(C)c1ccccc1. The van der Waals surface area contributed by atoms with E-state index in [1.54, 1.807) is 0 Å². The zero-order valence-corrected chi connectivity index (χ0v) is 21.2. The van der Waals surface area contributed by atoms with Gasteiger partial charge < -0.3 is 9.16 Å². The van der Waals surface area contributed by atoms with Gasteiger partial charge in [-0.05, 0) is 41.3 Å². The minimum absolute atomic E-state index is 0.149. The Hall–Kier alpha value is -2.17. The van der Waals surface area contributed by atoms with Gasteiger partial charge in [0.25, 0.3) is 0 Å². The maximum Gasteiger partial charge on any atom is 0.309 e. The van der Waals surface area contributed by atoms with Crippen molar-refractivity contribution < 1.29 is 14.0 Å². The summed E-state index contributed by atoms with van der Waals surface area (Å²) in [6.45, 7) is 14.1. The number of rotatable bonds is 9. The van der Waals surface area contributed by atoms with Crippen molar-refractivity contribution in [2.45, 2.75) is 64.6 Å². The highest BCUT2D eigenvalue weighted by molar-refractivity contribution is 6.74. The highest BCUT2D eigenvalue weighted by atomic mass is 28.4. The van der Waals surface area contributed by atoms with Crippen LogP contribution in [0.2, 0.25) is 18.1 Å². The number of carbonyl (C=O) groups excluding carboxylic acids is 1. The van der Waals surface area contributed by atoms with Crippen LogP contribution in [0.4, 0.5) is 0 Å². The topological polar surface area (TPSA) is 35.5 Å². The monoisotopic (exact) mass is 438 g/mol. The number of allylic oxidation sites excluding steroid dienone is 1. The molecular weight excluding hydrogens is 400 g/mol. The Bertz CT molecular complexity index is 864. The number of hydrogen-bond donors (Lipinski definition) is 0. The molecule has 0 saturated heterocycles. The van der Waals surface area contributed by atoms with Crippen LogP contribution in [-0.2, 0) is 14.0 Å². The highest BCUT2D eigenvalue weighted by Crippen LogP contribution is 2.39. The molecule has 0 fully saturated rings. The zero-order valence-electron chi connectivity index (χ0n) is 20.2. The predicted octanol–water partition coefficient (Wildman–Crippen LogP) is 7.22. The Balaban J connectivity index is 2.47. The molecule has 2 aromatic carbocycles. The van der Waals surface area contributed by atoms with Crippen LogP contribution in [-0.4, -0.2) is 28.0 Å². The van der Waals surface area contributed by atoms with E-state index in [0.29, 0.717) is 13.0 Å². The molecule has 2 rings (SSSR count). The molecule has 0 radical (unpaired) electrons. The third kappa shape index (κ3) is 6.91. The van der Waals surface area contributed by atoms with E-state index < -0.39 is 8.32 Å². The summed E-state index contributed by atoms with van der Waals surface area (Å²) in [6.07, 6.45) is 0.988. The first kappa shape index (κ1) is 25.1. The molecule has 1 unspecified atom stereocenters. The van der Waals surface area contributed by atoms with Crippen LogP contribution in [0, 0.1) is 0 Å². The van der Waals surface area contributed by atoms with E-state index in [1.807, 2.05) is 12.1 Å². The van der Waals surface area contributed by atoms with Gasteiger partial charge in [0.1, 0.15) is 0 Å². The third-order valence-electron chi connectivity index (χ3n) is 6.46. The highest BCUT2D eigenvalue weighted by Gasteiger charge is 2.37. The Labute approximate surface area is 189 Å². The molecular formula is C27H38O3Si. The molecule has 0 saturated carbocycles. The fraction of sp³-hybridized carbons (Fsp3) is 0.444. The lowest BCUT2D eigenvalue weighted by Gasteiger charge is -2.36. The van der Waals surface area contributed by atoms with Crippen LogP contribution >= 0.6 is 0 Å². The standard InChI is InChI=1S/C27H38O3Si/c1-21(22-14-10-8-11-15-22)26(23-16-12-9-13-17-23)24(20-25(28)29-5)18-19-30-31(6,7)27(2,3)4/h8-17,21H,18-20H2,1-7H3/b26-24+. The van der Waals surface area contributed by atoms with Crippen molar-refractivity contribution in [1.29, 1.82) is 0 Å². The van der Waals surface area contributed by atoms with E-state index in [-0.39, 0.29) is 23.3 Å². The van der Waals surface area contributed by atoms with Crippen molar-refractivity contribution in [2.24, 2.45) is 0 Å². The smallest absolute Gasteiger partial charge is 0.309 e. The Morgan fingerprint density at radius 1 is 0.968 bits per heavy atom. The van der Waals surface area contributed by atoms with E-state index in [2.05, 4.69) is 89.3 Å². The Morgan fingerprint density at radius 3 is 2.03 bits per heavy atom. The summed E-state index contributed by atoms with van der Waals surface area (Å²) >= 11 is 0. The zero-order chi connectivity index (χ0) is 23.1. The number of hydrogen-bond acceptors (Lipinski definition) is 3. The third-order valence-corrected chi connectivity index (χ3v) is 11.0. The maximum atomic E-state index is 12.3. The van der Waals surface area contributed by atoms with E-state index in [9.17, 15) is 4.79 Å². The molecule has 1 atom stereocenters. The van der Waals surface area contributed by atoms with Crippen molar-refractivity contribution >= 4 is 19.9 Å². The number of ether oxygens (including phenoxy) is 1. The average Bonchev–Trinajstić information content (AvgIpc) is 2.74. The van der Waals surface area contributed by atoms with Crippen LogP contribution in [0.3, 0.4) is 0 Å². The molecule has 0 amide bonds. The predicted molar refractivity (Wildman–Crippen MR) is 133 cm³/mol. The lowest BCUT2D eigenvalue weighted by Crippen LogP contribution is -2.41. The van der Waals surface area contributed by atoms with Gasteiger partial charge in [0, 0.05) is 12.5 Å². The van der Waals surface area contributed by atoms with Gasteiger partial charge in [-0.2, -0.15) is 0 Å². The van der Waals surface area contributed by atoms with Crippen LogP contribution in [0.5, 0.6) is 0 Å². The minimum atomic E-state index is -1.86. The van der Waals surface area contributed by atoms with Gasteiger partial charge in [-0.1, -0.05) is 93.9 Å². The van der Waals surface area contributed by atoms with E-state index in [0.717, 1.165) is 11.1 Å². The van der Waals surface area contributed by atoms with Gasteiger partial charge in [0.05, 0.1) is 13.5 Å². The van der Waals surface area contributed by atoms with Crippen molar-refractivity contribution in [3.05, 3.63) is 77.4 Å². The van der Waals surface area contributed by atoms with Crippen LogP contribution in [0.25, 0.3) is 5.57 Å². The van der Waals surface area contributed by atoms with Gasteiger partial charge in [-0.3, -0.25) is 4.79 Å². The minimum Gasteiger partial charge on any atom is -0.469 e. The van der Waals surface area contributed by atoms with E-state index >= 15 is 0 Å². The quantitative estimate of drug-likeness (QED) is 0.306. The molecule has 0 aromatic heterocycles. The van der Waals surface area contributed by atoms with Gasteiger partial charge in [0.15, 0.2) is 8.32 Å². The summed E-state index contributed by atoms with van der Waals surface area (Å²) < 4.78 is 11.5. The first-order valence-electron chi connectivity index (χ1n) is 11.1. The Kier molecular flexibility index (Phi) is 8.84. The fourth-order valence-corrected chi connectivity index (χ4v) is 4.54. The lowest BCUT2D eigenvalue weighted by atomic mass is 9.83. The second kappa shape index (κ2) is 10.9. The number of benzene rings is 2. The van der Waals surface area contributed by atoms with Crippen LogP contribution < -0.4 is 0 Å². The first-order valence-corrected chi connectivity index (χ1v) is 14.0. The number of carbonyl (C=O) groups is 1. The largest absolute Gasteiger partial charge is 0.469 e. The molecule has 4 heteroatoms. The molecule has 0 aliphatic carbocycles. The van der Waals surface area contributed by atoms with Crippen molar-refractivity contribution in [2.75, 3.05) is 13.7 Å². The van der Waals surface area contributed by atoms with Crippen LogP contribution in [0.1, 0.15) is 57.6 Å². The molecule has 0 aliphatic rings. The second-order valence-electron chi connectivity index (χ2n) is 9.63. The summed E-state index contributed by atoms with van der Waals surface area (Å²) in [5, 5.41) is 0.152. The fourth-order valence-electron chi connectivity index (χ4n) is 3.50. The summed E-state index contributed by atoms with van der Waals surface area (Å²) in [5.74, 6) is -0.0628. The lowest BCUT2D eigenvalue weighted by molar-refractivity contribution is -0.139. The molecule has 2 aromatic rings. The number of esters is 1. The molecule has 0 N–H and O–H groups in total. The van der Waals surface area contributed by atoms with Crippen molar-refractivity contribution in [1.82, 2.24) is 0 Å². The van der Waals surface area contributed by atoms with Crippen LogP contribution in [0.15, 0.2) is 66.2 Å². The molecule has 31 heavy (non-hydrogen) atoms. The number of methoxy groups -OCH3 is 1. The van der Waals surface area contributed by atoms with E-state index in [1.165, 1.54) is 18.2 Å². The summed E-state index contributed by atoms with van der Waals surface area (Å²) in [5.41, 5.74) is 4.66. The molecule has 0 heterocycles. The molecule has 0 spiro atoms. The van der Waals surface area contributed by atoms with Gasteiger partial charge >= 0.3 is 5.97 Å². The second-order valence-corrected chi connectivity index (χ2v) is 14.4. The van der Waals surface area contributed by atoms with Gasteiger partial charge in [-0.25, -0.2) is 0 Å². The normalized spacial score (nSPS) is 14.0.